The van der Waals surface area contributed by atoms with Crippen molar-refractivity contribution in [1.82, 2.24) is 9.55 Å². The number of fused-ring (bicyclic) bond motifs is 1. The van der Waals surface area contributed by atoms with Gasteiger partial charge in [-0.25, -0.2) is 0 Å². The lowest BCUT2D eigenvalue weighted by Crippen LogP contribution is -1.98. The van der Waals surface area contributed by atoms with Crippen LogP contribution in [0.25, 0.3) is 10.9 Å². The number of halogens is 1. The van der Waals surface area contributed by atoms with Gasteiger partial charge in [0.1, 0.15) is 6.29 Å². The van der Waals surface area contributed by atoms with Crippen molar-refractivity contribution in [3.8, 4) is 0 Å². The van der Waals surface area contributed by atoms with Gasteiger partial charge >= 0.3 is 0 Å². The molecule has 0 bridgehead atoms. The Morgan fingerprint density at radius 1 is 1.21 bits per heavy atom. The van der Waals surface area contributed by atoms with Crippen LogP contribution in [0, 0.1) is 0 Å². The van der Waals surface area contributed by atoms with E-state index in [2.05, 4.69) is 31.5 Å². The van der Waals surface area contributed by atoms with Crippen LogP contribution in [0.2, 0.25) is 0 Å². The maximum atomic E-state index is 10.9. The predicted molar refractivity (Wildman–Crippen MR) is 78.4 cm³/mol. The third-order valence-corrected chi connectivity index (χ3v) is 3.48. The molecule has 19 heavy (non-hydrogen) atoms. The SMILES string of the molecule is O=Cc1ccc2ccn(Cc3cncc(Br)c3)c2c1. The molecule has 4 heteroatoms. The summed E-state index contributed by atoms with van der Waals surface area (Å²) in [6.45, 7) is 0.734. The van der Waals surface area contributed by atoms with E-state index < -0.39 is 0 Å². The van der Waals surface area contributed by atoms with Crippen molar-refractivity contribution < 1.29 is 4.79 Å². The minimum absolute atomic E-state index is 0.694. The number of rotatable bonds is 3. The molecule has 0 radical (unpaired) electrons. The second-order valence-electron chi connectivity index (χ2n) is 4.39. The Bertz CT molecular complexity index is 749. The Labute approximate surface area is 119 Å². The molecular formula is C15H11BrN2O. The fourth-order valence-electron chi connectivity index (χ4n) is 2.15. The van der Waals surface area contributed by atoms with Gasteiger partial charge < -0.3 is 4.57 Å². The van der Waals surface area contributed by atoms with Gasteiger partial charge in [-0.05, 0) is 45.1 Å². The molecule has 3 rings (SSSR count). The summed E-state index contributed by atoms with van der Waals surface area (Å²) in [6, 6.07) is 9.81. The van der Waals surface area contributed by atoms with Crippen LogP contribution in [0.4, 0.5) is 0 Å². The summed E-state index contributed by atoms with van der Waals surface area (Å²) < 4.78 is 3.08. The van der Waals surface area contributed by atoms with E-state index in [0.29, 0.717) is 5.56 Å². The number of aromatic nitrogens is 2. The minimum Gasteiger partial charge on any atom is -0.343 e. The predicted octanol–water partition coefficient (Wildman–Crippen LogP) is 3.66. The number of nitrogens with zero attached hydrogens (tertiary/aromatic N) is 2. The Hall–Kier alpha value is -1.94. The molecule has 0 saturated carbocycles. The van der Waals surface area contributed by atoms with Gasteiger partial charge in [-0.15, -0.1) is 0 Å². The number of pyridine rings is 1. The van der Waals surface area contributed by atoms with Crippen LogP contribution in [0.3, 0.4) is 0 Å². The van der Waals surface area contributed by atoms with Crippen LogP contribution in [0.1, 0.15) is 15.9 Å². The fourth-order valence-corrected chi connectivity index (χ4v) is 2.56. The minimum atomic E-state index is 0.694. The molecule has 0 aliphatic heterocycles. The molecule has 0 spiro atoms. The lowest BCUT2D eigenvalue weighted by atomic mass is 10.2. The number of aldehydes is 1. The number of carbonyl (C=O) groups is 1. The van der Waals surface area contributed by atoms with Crippen molar-refractivity contribution in [2.75, 3.05) is 0 Å². The Balaban J connectivity index is 2.03. The molecule has 2 aromatic heterocycles. The third kappa shape index (κ3) is 2.44. The van der Waals surface area contributed by atoms with Crippen LogP contribution < -0.4 is 0 Å². The Morgan fingerprint density at radius 3 is 2.89 bits per heavy atom. The van der Waals surface area contributed by atoms with Gasteiger partial charge in [0.2, 0.25) is 0 Å². The van der Waals surface area contributed by atoms with Crippen molar-refractivity contribution in [2.45, 2.75) is 6.54 Å². The molecule has 0 aliphatic rings. The zero-order valence-electron chi connectivity index (χ0n) is 10.1. The van der Waals surface area contributed by atoms with E-state index in [4.69, 9.17) is 0 Å². The zero-order chi connectivity index (χ0) is 13.2. The largest absolute Gasteiger partial charge is 0.343 e. The van der Waals surface area contributed by atoms with Crippen molar-refractivity contribution in [3.05, 3.63) is 64.5 Å². The van der Waals surface area contributed by atoms with Crippen molar-refractivity contribution in [2.24, 2.45) is 0 Å². The normalized spacial score (nSPS) is 10.8. The summed E-state index contributed by atoms with van der Waals surface area (Å²) >= 11 is 3.42. The summed E-state index contributed by atoms with van der Waals surface area (Å²) in [5.74, 6) is 0. The molecule has 0 saturated heterocycles. The number of benzene rings is 1. The first-order valence-corrected chi connectivity index (χ1v) is 6.69. The van der Waals surface area contributed by atoms with Crippen LogP contribution in [-0.4, -0.2) is 15.8 Å². The van der Waals surface area contributed by atoms with E-state index in [1.165, 1.54) is 0 Å². The summed E-state index contributed by atoms with van der Waals surface area (Å²) in [5.41, 5.74) is 2.87. The van der Waals surface area contributed by atoms with Gasteiger partial charge in [-0.1, -0.05) is 12.1 Å². The number of hydrogen-bond acceptors (Lipinski definition) is 2. The standard InChI is InChI=1S/C15H11BrN2O/c16-14-5-12(7-17-8-14)9-18-4-3-13-2-1-11(10-19)6-15(13)18/h1-8,10H,9H2. The maximum Gasteiger partial charge on any atom is 0.150 e. The van der Waals surface area contributed by atoms with Crippen LogP contribution in [-0.2, 0) is 6.54 Å². The van der Waals surface area contributed by atoms with Gasteiger partial charge in [0, 0.05) is 40.7 Å². The van der Waals surface area contributed by atoms with Gasteiger partial charge in [0.15, 0.2) is 0 Å². The van der Waals surface area contributed by atoms with Gasteiger partial charge in [0.25, 0.3) is 0 Å². The van der Waals surface area contributed by atoms with E-state index >= 15 is 0 Å². The highest BCUT2D eigenvalue weighted by Crippen LogP contribution is 2.19. The van der Waals surface area contributed by atoms with Crippen molar-refractivity contribution in [1.29, 1.82) is 0 Å². The third-order valence-electron chi connectivity index (χ3n) is 3.05. The smallest absolute Gasteiger partial charge is 0.150 e. The first kappa shape index (κ1) is 12.1. The van der Waals surface area contributed by atoms with Gasteiger partial charge in [-0.3, -0.25) is 9.78 Å². The molecule has 0 amide bonds. The first-order valence-electron chi connectivity index (χ1n) is 5.90. The lowest BCUT2D eigenvalue weighted by molar-refractivity contribution is 0.112. The molecule has 94 valence electrons. The summed E-state index contributed by atoms with van der Waals surface area (Å²) in [6.07, 6.45) is 6.51. The Morgan fingerprint density at radius 2 is 2.11 bits per heavy atom. The molecule has 0 unspecified atom stereocenters. The van der Waals surface area contributed by atoms with E-state index in [9.17, 15) is 4.79 Å². The molecule has 2 heterocycles. The average molecular weight is 315 g/mol. The van der Waals surface area contributed by atoms with Gasteiger partial charge in [-0.2, -0.15) is 0 Å². The fraction of sp³-hybridized carbons (Fsp3) is 0.0667. The Kier molecular flexibility index (Phi) is 3.17. The monoisotopic (exact) mass is 314 g/mol. The second kappa shape index (κ2) is 4.97. The highest BCUT2D eigenvalue weighted by Gasteiger charge is 2.03. The lowest BCUT2D eigenvalue weighted by Gasteiger charge is -2.06. The van der Waals surface area contributed by atoms with Gasteiger partial charge in [0.05, 0.1) is 0 Å². The molecule has 0 atom stereocenters. The molecule has 1 aromatic carbocycles. The van der Waals surface area contributed by atoms with Crippen molar-refractivity contribution >= 4 is 33.1 Å². The zero-order valence-corrected chi connectivity index (χ0v) is 11.7. The average Bonchev–Trinajstić information content (AvgIpc) is 2.81. The van der Waals surface area contributed by atoms with Crippen LogP contribution >= 0.6 is 15.9 Å². The summed E-state index contributed by atoms with van der Waals surface area (Å²) in [5, 5.41) is 1.13. The van der Waals surface area contributed by atoms with Crippen LogP contribution in [0.15, 0.2) is 53.4 Å². The van der Waals surface area contributed by atoms with Crippen molar-refractivity contribution in [3.63, 3.8) is 0 Å². The molecular weight excluding hydrogens is 304 g/mol. The highest BCUT2D eigenvalue weighted by atomic mass is 79.9. The molecule has 0 aliphatic carbocycles. The number of hydrogen-bond donors (Lipinski definition) is 0. The summed E-state index contributed by atoms with van der Waals surface area (Å²) in [7, 11) is 0. The van der Waals surface area contributed by atoms with E-state index in [-0.39, 0.29) is 0 Å². The summed E-state index contributed by atoms with van der Waals surface area (Å²) in [4.78, 5) is 15.0. The molecule has 3 nitrogen and oxygen atoms in total. The number of carbonyl (C=O) groups excluding carboxylic acids is 1. The van der Waals surface area contributed by atoms with E-state index in [1.54, 1.807) is 6.20 Å². The first-order chi connectivity index (χ1) is 9.26. The topological polar surface area (TPSA) is 34.9 Å². The second-order valence-corrected chi connectivity index (χ2v) is 5.31. The highest BCUT2D eigenvalue weighted by molar-refractivity contribution is 9.10. The van der Waals surface area contributed by atoms with E-state index in [0.717, 1.165) is 33.8 Å². The maximum absolute atomic E-state index is 10.9. The molecule has 0 N–H and O–H groups in total. The van der Waals surface area contributed by atoms with Crippen LogP contribution in [0.5, 0.6) is 0 Å². The molecule has 0 fully saturated rings. The van der Waals surface area contributed by atoms with E-state index in [1.807, 2.05) is 36.7 Å². The quantitative estimate of drug-likeness (QED) is 0.691. The molecule has 3 aromatic rings.